The second-order valence-corrected chi connectivity index (χ2v) is 5.83. The van der Waals surface area contributed by atoms with Crippen LogP contribution >= 0.6 is 11.6 Å². The highest BCUT2D eigenvalue weighted by atomic mass is 35.5. The second-order valence-electron chi connectivity index (χ2n) is 3.17. The summed E-state index contributed by atoms with van der Waals surface area (Å²) < 4.78 is 23.2. The molecule has 82 valence electrons. The van der Waals surface area contributed by atoms with Crippen molar-refractivity contribution in [3.8, 4) is 0 Å². The van der Waals surface area contributed by atoms with Gasteiger partial charge in [0, 0.05) is 10.8 Å². The van der Waals surface area contributed by atoms with Crippen LogP contribution in [0.2, 0.25) is 0 Å². The van der Waals surface area contributed by atoms with E-state index in [1.165, 1.54) is 0 Å². The highest BCUT2D eigenvalue weighted by molar-refractivity contribution is 7.95. The molecular weight excluding hydrogens is 232 g/mol. The van der Waals surface area contributed by atoms with Gasteiger partial charge in [0.25, 0.3) is 0 Å². The van der Waals surface area contributed by atoms with Crippen LogP contribution < -0.4 is 0 Å². The Balaban J connectivity index is 2.95. The number of rotatable bonds is 4. The van der Waals surface area contributed by atoms with Crippen LogP contribution in [0.25, 0.3) is 6.08 Å². The normalized spacial score (nSPS) is 12.8. The molecule has 0 aliphatic carbocycles. The van der Waals surface area contributed by atoms with Crippen LogP contribution in [0.3, 0.4) is 0 Å². The molecule has 0 radical (unpaired) electrons. The van der Waals surface area contributed by atoms with Crippen molar-refractivity contribution in [2.75, 3.05) is 11.6 Å². The van der Waals surface area contributed by atoms with Crippen LogP contribution in [-0.2, 0) is 9.84 Å². The van der Waals surface area contributed by atoms with Crippen molar-refractivity contribution >= 4 is 27.5 Å². The summed E-state index contributed by atoms with van der Waals surface area (Å²) in [5.74, 6) is 0.117. The van der Waals surface area contributed by atoms with Crippen LogP contribution in [0, 0.1) is 0 Å². The number of halogens is 1. The number of allylic oxidation sites excluding steroid dienone is 1. The fourth-order valence-corrected chi connectivity index (χ4v) is 2.59. The molecule has 4 heteroatoms. The molecule has 15 heavy (non-hydrogen) atoms. The molecule has 0 bridgehead atoms. The topological polar surface area (TPSA) is 34.1 Å². The molecule has 0 saturated carbocycles. The third kappa shape index (κ3) is 3.68. The molecule has 0 atom stereocenters. The van der Waals surface area contributed by atoms with Gasteiger partial charge in [0.05, 0.1) is 5.75 Å². The van der Waals surface area contributed by atoms with Gasteiger partial charge in [-0.25, -0.2) is 8.42 Å². The Morgan fingerprint density at radius 3 is 2.47 bits per heavy atom. The van der Waals surface area contributed by atoms with Gasteiger partial charge in [-0.1, -0.05) is 30.3 Å². The molecule has 0 aliphatic rings. The van der Waals surface area contributed by atoms with Gasteiger partial charge in [-0.15, -0.1) is 11.6 Å². The molecule has 0 saturated heterocycles. The number of alkyl halides is 1. The zero-order chi connectivity index (χ0) is 11.3. The van der Waals surface area contributed by atoms with Crippen molar-refractivity contribution < 1.29 is 8.42 Å². The predicted octanol–water partition coefficient (Wildman–Crippen LogP) is 2.70. The Morgan fingerprint density at radius 1 is 1.33 bits per heavy atom. The molecule has 0 aromatic heterocycles. The lowest BCUT2D eigenvalue weighted by molar-refractivity contribution is 0.603. The maximum absolute atomic E-state index is 11.6. The lowest BCUT2D eigenvalue weighted by Crippen LogP contribution is -2.08. The monoisotopic (exact) mass is 244 g/mol. The third-order valence-corrected chi connectivity index (χ3v) is 4.26. The molecule has 0 spiro atoms. The van der Waals surface area contributed by atoms with E-state index >= 15 is 0 Å². The van der Waals surface area contributed by atoms with Crippen molar-refractivity contribution in [2.24, 2.45) is 0 Å². The van der Waals surface area contributed by atoms with Gasteiger partial charge in [0.15, 0.2) is 9.84 Å². The Kier molecular flexibility index (Phi) is 4.36. The fourth-order valence-electron chi connectivity index (χ4n) is 1.14. The molecule has 0 N–H and O–H groups in total. The van der Waals surface area contributed by atoms with E-state index in [1.807, 2.05) is 30.3 Å². The quantitative estimate of drug-likeness (QED) is 0.764. The lowest BCUT2D eigenvalue weighted by Gasteiger charge is -2.01. The molecule has 1 aromatic carbocycles. The van der Waals surface area contributed by atoms with Crippen LogP contribution in [0.1, 0.15) is 12.5 Å². The average molecular weight is 245 g/mol. The molecular formula is C11H13ClO2S. The maximum atomic E-state index is 11.6. The molecule has 0 unspecified atom stereocenters. The highest BCUT2D eigenvalue weighted by Crippen LogP contribution is 2.12. The van der Waals surface area contributed by atoms with E-state index in [9.17, 15) is 8.42 Å². The number of sulfone groups is 1. The van der Waals surface area contributed by atoms with Crippen molar-refractivity contribution in [1.82, 2.24) is 0 Å². The largest absolute Gasteiger partial charge is 0.224 e. The smallest absolute Gasteiger partial charge is 0.175 e. The molecule has 0 aliphatic heterocycles. The summed E-state index contributed by atoms with van der Waals surface area (Å²) in [5.41, 5.74) is 0.883. The summed E-state index contributed by atoms with van der Waals surface area (Å²) in [6.07, 6.45) is 1.65. The first kappa shape index (κ1) is 12.3. The summed E-state index contributed by atoms with van der Waals surface area (Å²) >= 11 is 5.43. The van der Waals surface area contributed by atoms with E-state index in [4.69, 9.17) is 11.6 Å². The summed E-state index contributed by atoms with van der Waals surface area (Å²) in [6, 6.07) is 9.35. The first-order valence-electron chi connectivity index (χ1n) is 4.58. The van der Waals surface area contributed by atoms with E-state index in [0.717, 1.165) is 5.56 Å². The van der Waals surface area contributed by atoms with Gasteiger partial charge < -0.3 is 0 Å². The maximum Gasteiger partial charge on any atom is 0.175 e. The zero-order valence-electron chi connectivity index (χ0n) is 8.48. The average Bonchev–Trinajstić information content (AvgIpc) is 2.19. The predicted molar refractivity (Wildman–Crippen MR) is 64.6 cm³/mol. The van der Waals surface area contributed by atoms with Crippen LogP contribution in [-0.4, -0.2) is 20.1 Å². The molecule has 0 fully saturated rings. The van der Waals surface area contributed by atoms with Crippen molar-refractivity contribution in [2.45, 2.75) is 6.92 Å². The highest BCUT2D eigenvalue weighted by Gasteiger charge is 2.11. The van der Waals surface area contributed by atoms with Gasteiger partial charge in [-0.3, -0.25) is 0 Å². The van der Waals surface area contributed by atoms with E-state index in [0.29, 0.717) is 4.91 Å². The SMILES string of the molecule is CC(=Cc1ccccc1)S(=O)(=O)CCCl. The Labute approximate surface area is 95.5 Å². The van der Waals surface area contributed by atoms with Gasteiger partial charge in [-0.2, -0.15) is 0 Å². The van der Waals surface area contributed by atoms with Crippen LogP contribution in [0.5, 0.6) is 0 Å². The number of hydrogen-bond acceptors (Lipinski definition) is 2. The minimum atomic E-state index is -3.18. The fraction of sp³-hybridized carbons (Fsp3) is 0.273. The Bertz CT molecular complexity index is 435. The summed E-state index contributed by atoms with van der Waals surface area (Å²) in [6.45, 7) is 1.59. The van der Waals surface area contributed by atoms with Gasteiger partial charge in [0.2, 0.25) is 0 Å². The minimum Gasteiger partial charge on any atom is -0.224 e. The summed E-state index contributed by atoms with van der Waals surface area (Å²) in [7, 11) is -3.18. The molecule has 1 rings (SSSR count). The Hall–Kier alpha value is -0.800. The van der Waals surface area contributed by atoms with Crippen LogP contribution in [0.15, 0.2) is 35.2 Å². The molecule has 0 heterocycles. The molecule has 2 nitrogen and oxygen atoms in total. The molecule has 0 amide bonds. The number of hydrogen-bond donors (Lipinski definition) is 0. The third-order valence-electron chi connectivity index (χ3n) is 2.01. The standard InChI is InChI=1S/C11H13ClO2S/c1-10(15(13,14)8-7-12)9-11-5-3-2-4-6-11/h2-6,9H,7-8H2,1H3. The first-order chi connectivity index (χ1) is 7.06. The lowest BCUT2D eigenvalue weighted by atomic mass is 10.2. The van der Waals surface area contributed by atoms with Crippen LogP contribution in [0.4, 0.5) is 0 Å². The van der Waals surface area contributed by atoms with E-state index in [-0.39, 0.29) is 11.6 Å². The van der Waals surface area contributed by atoms with Gasteiger partial charge >= 0.3 is 0 Å². The van der Waals surface area contributed by atoms with E-state index < -0.39 is 9.84 Å². The van der Waals surface area contributed by atoms with Crippen molar-refractivity contribution in [3.63, 3.8) is 0 Å². The zero-order valence-corrected chi connectivity index (χ0v) is 10.1. The van der Waals surface area contributed by atoms with Crippen molar-refractivity contribution in [1.29, 1.82) is 0 Å². The second kappa shape index (κ2) is 5.33. The summed E-state index contributed by atoms with van der Waals surface area (Å²) in [5, 5.41) is 0. The molecule has 1 aromatic rings. The Morgan fingerprint density at radius 2 is 1.93 bits per heavy atom. The van der Waals surface area contributed by atoms with Crippen molar-refractivity contribution in [3.05, 3.63) is 40.8 Å². The first-order valence-corrected chi connectivity index (χ1v) is 6.77. The summed E-state index contributed by atoms with van der Waals surface area (Å²) in [4.78, 5) is 0.356. The van der Waals surface area contributed by atoms with E-state index in [1.54, 1.807) is 13.0 Å². The van der Waals surface area contributed by atoms with Gasteiger partial charge in [0.1, 0.15) is 0 Å². The number of benzene rings is 1. The van der Waals surface area contributed by atoms with E-state index in [2.05, 4.69) is 0 Å². The minimum absolute atomic E-state index is 0.0102. The van der Waals surface area contributed by atoms with Gasteiger partial charge in [-0.05, 0) is 18.6 Å².